The van der Waals surface area contributed by atoms with E-state index in [1.54, 1.807) is 36.4 Å². The number of rotatable bonds is 8. The van der Waals surface area contributed by atoms with Crippen molar-refractivity contribution >= 4 is 23.6 Å². The van der Waals surface area contributed by atoms with Gasteiger partial charge in [-0.1, -0.05) is 43.7 Å². The third kappa shape index (κ3) is 5.94. The van der Waals surface area contributed by atoms with Crippen LogP contribution in [0.25, 0.3) is 6.08 Å². The molecule has 0 saturated heterocycles. The minimum absolute atomic E-state index is 0.101. The lowest BCUT2D eigenvalue weighted by Crippen LogP contribution is -2.30. The summed E-state index contributed by atoms with van der Waals surface area (Å²) in [5.41, 5.74) is 2.46. The van der Waals surface area contributed by atoms with Gasteiger partial charge in [0.05, 0.1) is 6.26 Å². The number of carbonyl (C=O) groups is 2. The van der Waals surface area contributed by atoms with Gasteiger partial charge in [-0.2, -0.15) is 0 Å². The van der Waals surface area contributed by atoms with E-state index in [-0.39, 0.29) is 11.6 Å². The van der Waals surface area contributed by atoms with E-state index in [1.165, 1.54) is 17.9 Å². The summed E-state index contributed by atoms with van der Waals surface area (Å²) >= 11 is 0. The molecule has 0 atom stereocenters. The van der Waals surface area contributed by atoms with Crippen molar-refractivity contribution in [2.75, 3.05) is 5.32 Å². The zero-order valence-corrected chi connectivity index (χ0v) is 16.4. The van der Waals surface area contributed by atoms with E-state index in [0.29, 0.717) is 17.0 Å². The van der Waals surface area contributed by atoms with Crippen LogP contribution in [0.2, 0.25) is 0 Å². The molecule has 0 radical (unpaired) electrons. The predicted molar refractivity (Wildman–Crippen MR) is 114 cm³/mol. The summed E-state index contributed by atoms with van der Waals surface area (Å²) in [7, 11) is 0. The van der Waals surface area contributed by atoms with Crippen LogP contribution in [-0.4, -0.2) is 11.8 Å². The molecule has 148 valence electrons. The van der Waals surface area contributed by atoms with Crippen molar-refractivity contribution < 1.29 is 14.0 Å². The maximum atomic E-state index is 12.8. The molecular formula is C24H24N2O3. The zero-order chi connectivity index (χ0) is 20.5. The molecule has 0 unspecified atom stereocenters. The van der Waals surface area contributed by atoms with E-state index >= 15 is 0 Å². The van der Waals surface area contributed by atoms with Crippen LogP contribution in [0.5, 0.6) is 0 Å². The molecule has 0 fully saturated rings. The molecule has 5 heteroatoms. The molecule has 2 aromatic carbocycles. The molecule has 2 N–H and O–H groups in total. The van der Waals surface area contributed by atoms with Crippen LogP contribution < -0.4 is 10.6 Å². The first-order valence-corrected chi connectivity index (χ1v) is 9.67. The van der Waals surface area contributed by atoms with Crippen molar-refractivity contribution in [3.05, 3.63) is 95.6 Å². The maximum Gasteiger partial charge on any atom is 0.272 e. The van der Waals surface area contributed by atoms with E-state index in [0.717, 1.165) is 19.3 Å². The lowest BCUT2D eigenvalue weighted by atomic mass is 10.1. The number of benzene rings is 2. The summed E-state index contributed by atoms with van der Waals surface area (Å²) < 4.78 is 5.30. The summed E-state index contributed by atoms with van der Waals surface area (Å²) in [6.45, 7) is 2.16. The van der Waals surface area contributed by atoms with Crippen molar-refractivity contribution in [2.24, 2.45) is 0 Å². The van der Waals surface area contributed by atoms with Gasteiger partial charge in [-0.05, 0) is 54.8 Å². The number of anilines is 1. The molecule has 29 heavy (non-hydrogen) atoms. The Morgan fingerprint density at radius 2 is 1.72 bits per heavy atom. The van der Waals surface area contributed by atoms with Crippen molar-refractivity contribution in [2.45, 2.75) is 26.2 Å². The van der Waals surface area contributed by atoms with Crippen molar-refractivity contribution in [1.29, 1.82) is 0 Å². The summed E-state index contributed by atoms with van der Waals surface area (Å²) in [6.07, 6.45) is 6.30. The van der Waals surface area contributed by atoms with E-state index in [2.05, 4.69) is 17.6 Å². The van der Waals surface area contributed by atoms with Gasteiger partial charge in [0.2, 0.25) is 0 Å². The molecule has 2 amide bonds. The van der Waals surface area contributed by atoms with E-state index < -0.39 is 5.91 Å². The topological polar surface area (TPSA) is 71.3 Å². The smallest absolute Gasteiger partial charge is 0.272 e. The summed E-state index contributed by atoms with van der Waals surface area (Å²) in [5.74, 6) is -0.320. The minimum atomic E-state index is -0.424. The Balaban J connectivity index is 1.75. The number of aryl methyl sites for hydroxylation is 1. The number of amides is 2. The largest absolute Gasteiger partial charge is 0.465 e. The first-order valence-electron chi connectivity index (χ1n) is 9.67. The zero-order valence-electron chi connectivity index (χ0n) is 16.4. The van der Waals surface area contributed by atoms with Crippen LogP contribution >= 0.6 is 0 Å². The highest BCUT2D eigenvalue weighted by atomic mass is 16.3. The van der Waals surface area contributed by atoms with Crippen LogP contribution in [-0.2, 0) is 11.2 Å². The lowest BCUT2D eigenvalue weighted by Gasteiger charge is -2.11. The first-order chi connectivity index (χ1) is 14.2. The number of carbonyl (C=O) groups excluding carboxylic acids is 2. The molecule has 5 nitrogen and oxygen atoms in total. The van der Waals surface area contributed by atoms with Crippen LogP contribution in [0.3, 0.4) is 0 Å². The average Bonchev–Trinajstić information content (AvgIpc) is 3.26. The van der Waals surface area contributed by atoms with E-state index in [1.807, 2.05) is 30.3 Å². The molecule has 3 aromatic rings. The summed E-state index contributed by atoms with van der Waals surface area (Å²) in [5, 5.41) is 5.51. The average molecular weight is 388 g/mol. The Bertz CT molecular complexity index is 959. The van der Waals surface area contributed by atoms with Crippen molar-refractivity contribution in [3.63, 3.8) is 0 Å². The number of nitrogens with one attached hydrogen (secondary N) is 2. The Kier molecular flexibility index (Phi) is 7.00. The summed E-state index contributed by atoms with van der Waals surface area (Å²) in [6, 6.07) is 19.9. The number of hydrogen-bond donors (Lipinski definition) is 2. The summed E-state index contributed by atoms with van der Waals surface area (Å²) in [4.78, 5) is 25.3. The number of furan rings is 1. The quantitative estimate of drug-likeness (QED) is 0.532. The van der Waals surface area contributed by atoms with Crippen LogP contribution in [0.4, 0.5) is 5.69 Å². The second-order valence-electron chi connectivity index (χ2n) is 6.65. The SMILES string of the molecule is CCCCc1ccc(NC(=O)/C(=C/c2ccco2)NC(=O)c2ccccc2)cc1. The van der Waals surface area contributed by atoms with Gasteiger partial charge in [-0.25, -0.2) is 0 Å². The molecule has 1 heterocycles. The Labute approximate surface area is 170 Å². The van der Waals surface area contributed by atoms with Gasteiger partial charge in [-0.15, -0.1) is 0 Å². The highest BCUT2D eigenvalue weighted by molar-refractivity contribution is 6.10. The Morgan fingerprint density at radius 3 is 2.38 bits per heavy atom. The monoisotopic (exact) mass is 388 g/mol. The van der Waals surface area contributed by atoms with Gasteiger partial charge in [0, 0.05) is 17.3 Å². The van der Waals surface area contributed by atoms with Crippen LogP contribution in [0, 0.1) is 0 Å². The van der Waals surface area contributed by atoms with Crippen LogP contribution in [0.1, 0.15) is 41.4 Å². The minimum Gasteiger partial charge on any atom is -0.465 e. The predicted octanol–water partition coefficient (Wildman–Crippen LogP) is 5.03. The van der Waals surface area contributed by atoms with Gasteiger partial charge < -0.3 is 15.1 Å². The highest BCUT2D eigenvalue weighted by Crippen LogP contribution is 2.14. The van der Waals surface area contributed by atoms with Crippen LogP contribution in [0.15, 0.2) is 83.1 Å². The maximum absolute atomic E-state index is 12.8. The lowest BCUT2D eigenvalue weighted by molar-refractivity contribution is -0.113. The van der Waals surface area contributed by atoms with Crippen molar-refractivity contribution in [3.8, 4) is 0 Å². The number of unbranched alkanes of at least 4 members (excludes halogenated alkanes) is 1. The normalized spacial score (nSPS) is 11.1. The highest BCUT2D eigenvalue weighted by Gasteiger charge is 2.15. The Morgan fingerprint density at radius 1 is 0.966 bits per heavy atom. The Hall–Kier alpha value is -3.60. The third-order valence-electron chi connectivity index (χ3n) is 4.39. The molecule has 0 aliphatic rings. The second-order valence-corrected chi connectivity index (χ2v) is 6.65. The van der Waals surface area contributed by atoms with Crippen molar-refractivity contribution in [1.82, 2.24) is 5.32 Å². The van der Waals surface area contributed by atoms with Gasteiger partial charge >= 0.3 is 0 Å². The standard InChI is InChI=1S/C24H24N2O3/c1-2-3-8-18-12-14-20(15-13-18)25-24(28)22(17-21-11-7-16-29-21)26-23(27)19-9-5-4-6-10-19/h4-7,9-17H,2-3,8H2,1H3,(H,25,28)(H,26,27)/b22-17-. The van der Waals surface area contributed by atoms with Gasteiger partial charge in [0.1, 0.15) is 11.5 Å². The number of hydrogen-bond acceptors (Lipinski definition) is 3. The molecular weight excluding hydrogens is 364 g/mol. The second kappa shape index (κ2) is 10.1. The van der Waals surface area contributed by atoms with Gasteiger partial charge in [0.25, 0.3) is 11.8 Å². The fourth-order valence-corrected chi connectivity index (χ4v) is 2.79. The molecule has 0 saturated carbocycles. The van der Waals surface area contributed by atoms with Gasteiger partial charge in [0.15, 0.2) is 0 Å². The van der Waals surface area contributed by atoms with Gasteiger partial charge in [-0.3, -0.25) is 9.59 Å². The fourth-order valence-electron chi connectivity index (χ4n) is 2.79. The fraction of sp³-hybridized carbons (Fsp3) is 0.167. The molecule has 0 aliphatic carbocycles. The molecule has 1 aromatic heterocycles. The third-order valence-corrected chi connectivity index (χ3v) is 4.39. The molecule has 3 rings (SSSR count). The van der Waals surface area contributed by atoms with E-state index in [4.69, 9.17) is 4.42 Å². The molecule has 0 aliphatic heterocycles. The molecule has 0 bridgehead atoms. The molecule has 0 spiro atoms. The van der Waals surface area contributed by atoms with E-state index in [9.17, 15) is 9.59 Å². The first kappa shape index (κ1) is 20.1.